The molecule has 9 aromatic carbocycles. The average Bonchev–Trinajstić information content (AvgIpc) is 3.74. The third-order valence-corrected chi connectivity index (χ3v) is 12.1. The number of pyridine rings is 1. The van der Waals surface area contributed by atoms with Gasteiger partial charge in [0.1, 0.15) is 11.2 Å². The lowest BCUT2D eigenvalue weighted by Crippen LogP contribution is -1.97. The molecule has 12 rings (SSSR count). The van der Waals surface area contributed by atoms with E-state index in [1.165, 1.54) is 11.1 Å². The Labute approximate surface area is 364 Å². The normalized spacial score (nSPS) is 11.5. The van der Waals surface area contributed by atoms with Crippen LogP contribution in [0.5, 0.6) is 0 Å². The summed E-state index contributed by atoms with van der Waals surface area (Å²) >= 11 is 0. The largest absolute Gasteiger partial charge is 0.456 e. The smallest absolute Gasteiger partial charge is 0.160 e. The first-order valence-electron chi connectivity index (χ1n) is 21.3. The lowest BCUT2D eigenvalue weighted by atomic mass is 9.89. The molecule has 4 heteroatoms. The number of nitrogens with zero attached hydrogens (tertiary/aromatic N) is 3. The molecule has 0 atom stereocenters. The minimum absolute atomic E-state index is 0.637. The number of hydrogen-bond acceptors (Lipinski definition) is 4. The zero-order valence-corrected chi connectivity index (χ0v) is 34.1. The Balaban J connectivity index is 1.05. The van der Waals surface area contributed by atoms with Crippen LogP contribution in [0, 0.1) is 0 Å². The SMILES string of the molecule is c1ccc(-c2ccc(-c3cc(-c4ccc(-c5ccccc5)cc4)nc(-c4cccc(-c5nc6ccccc6c6c(-c7ccccc7)c7c(cc56)oc5ccccc57)c4)n3)cc2)cc1. The zero-order chi connectivity index (χ0) is 41.7. The molecule has 0 saturated carbocycles. The van der Waals surface area contributed by atoms with Crippen molar-refractivity contribution >= 4 is 43.6 Å². The first-order valence-corrected chi connectivity index (χ1v) is 21.3. The molecule has 12 aromatic rings. The first kappa shape index (κ1) is 36.4. The van der Waals surface area contributed by atoms with Crippen LogP contribution in [-0.4, -0.2) is 15.0 Å². The van der Waals surface area contributed by atoms with Crippen LogP contribution in [0.15, 0.2) is 229 Å². The molecule has 0 fully saturated rings. The van der Waals surface area contributed by atoms with Crippen LogP contribution in [0.3, 0.4) is 0 Å². The molecule has 0 aliphatic rings. The van der Waals surface area contributed by atoms with Crippen LogP contribution < -0.4 is 0 Å². The maximum absolute atomic E-state index is 6.65. The summed E-state index contributed by atoms with van der Waals surface area (Å²) in [5.74, 6) is 0.637. The van der Waals surface area contributed by atoms with Gasteiger partial charge in [0.25, 0.3) is 0 Å². The third-order valence-electron chi connectivity index (χ3n) is 12.1. The molecule has 0 aliphatic heterocycles. The van der Waals surface area contributed by atoms with Gasteiger partial charge in [0.2, 0.25) is 0 Å². The van der Waals surface area contributed by atoms with E-state index in [9.17, 15) is 0 Å². The maximum atomic E-state index is 6.65. The number of hydrogen-bond donors (Lipinski definition) is 0. The van der Waals surface area contributed by atoms with Crippen molar-refractivity contribution in [3.05, 3.63) is 224 Å². The first-order chi connectivity index (χ1) is 31.2. The fourth-order valence-corrected chi connectivity index (χ4v) is 9.04. The summed E-state index contributed by atoms with van der Waals surface area (Å²) in [6, 6.07) is 78.4. The highest BCUT2D eigenvalue weighted by Gasteiger charge is 2.22. The van der Waals surface area contributed by atoms with Crippen molar-refractivity contribution in [2.45, 2.75) is 0 Å². The van der Waals surface area contributed by atoms with E-state index in [1.54, 1.807) is 0 Å². The molecule has 0 amide bonds. The molecule has 3 heterocycles. The van der Waals surface area contributed by atoms with E-state index in [0.717, 1.165) is 105 Å². The Morgan fingerprint density at radius 2 is 0.778 bits per heavy atom. The van der Waals surface area contributed by atoms with Crippen molar-refractivity contribution in [2.75, 3.05) is 0 Å². The average molecular weight is 804 g/mol. The number of furan rings is 1. The Bertz CT molecular complexity index is 3540. The molecule has 3 aromatic heterocycles. The van der Waals surface area contributed by atoms with E-state index in [1.807, 2.05) is 24.3 Å². The lowest BCUT2D eigenvalue weighted by molar-refractivity contribution is 0.669. The van der Waals surface area contributed by atoms with Crippen LogP contribution in [0.2, 0.25) is 0 Å². The maximum Gasteiger partial charge on any atom is 0.160 e. The van der Waals surface area contributed by atoms with Gasteiger partial charge >= 0.3 is 0 Å². The summed E-state index contributed by atoms with van der Waals surface area (Å²) in [4.78, 5) is 16.0. The topological polar surface area (TPSA) is 51.8 Å². The minimum Gasteiger partial charge on any atom is -0.456 e. The van der Waals surface area contributed by atoms with Gasteiger partial charge in [-0.1, -0.05) is 194 Å². The highest BCUT2D eigenvalue weighted by Crippen LogP contribution is 2.46. The second kappa shape index (κ2) is 15.2. The number of fused-ring (bicyclic) bond motifs is 6. The van der Waals surface area contributed by atoms with Crippen molar-refractivity contribution in [1.82, 2.24) is 15.0 Å². The monoisotopic (exact) mass is 803 g/mol. The summed E-state index contributed by atoms with van der Waals surface area (Å²) in [7, 11) is 0. The van der Waals surface area contributed by atoms with Gasteiger partial charge in [-0.15, -0.1) is 0 Å². The second-order valence-electron chi connectivity index (χ2n) is 15.9. The van der Waals surface area contributed by atoms with E-state index >= 15 is 0 Å². The molecule has 63 heavy (non-hydrogen) atoms. The van der Waals surface area contributed by atoms with Crippen molar-refractivity contribution < 1.29 is 4.42 Å². The fourth-order valence-electron chi connectivity index (χ4n) is 9.04. The van der Waals surface area contributed by atoms with Gasteiger partial charge in [-0.25, -0.2) is 15.0 Å². The molecule has 0 unspecified atom stereocenters. The Morgan fingerprint density at radius 1 is 0.286 bits per heavy atom. The van der Waals surface area contributed by atoms with Crippen LogP contribution in [0.1, 0.15) is 0 Å². The van der Waals surface area contributed by atoms with Gasteiger partial charge in [0, 0.05) is 54.7 Å². The molecule has 4 nitrogen and oxygen atoms in total. The van der Waals surface area contributed by atoms with Crippen LogP contribution in [0.25, 0.3) is 122 Å². The van der Waals surface area contributed by atoms with Gasteiger partial charge in [0.15, 0.2) is 5.82 Å². The lowest BCUT2D eigenvalue weighted by Gasteiger charge is -2.16. The quantitative estimate of drug-likeness (QED) is 0.151. The molecule has 0 radical (unpaired) electrons. The summed E-state index contributed by atoms with van der Waals surface area (Å²) < 4.78 is 6.65. The summed E-state index contributed by atoms with van der Waals surface area (Å²) in [6.45, 7) is 0. The highest BCUT2D eigenvalue weighted by atomic mass is 16.3. The van der Waals surface area contributed by atoms with E-state index < -0.39 is 0 Å². The van der Waals surface area contributed by atoms with Crippen LogP contribution in [0.4, 0.5) is 0 Å². The molecule has 0 saturated heterocycles. The highest BCUT2D eigenvalue weighted by molar-refractivity contribution is 6.27. The molecular formula is C59H37N3O. The molecule has 294 valence electrons. The summed E-state index contributed by atoms with van der Waals surface area (Å²) in [6.07, 6.45) is 0. The predicted octanol–water partition coefficient (Wildman–Crippen LogP) is 15.7. The summed E-state index contributed by atoms with van der Waals surface area (Å²) in [5.41, 5.74) is 16.0. The standard InChI is InChI=1S/C59H37N3O/c1-4-15-38(16-5-1)40-27-31-42(32-28-40)51-37-52(43-33-29-41(30-34-43)39-17-6-2-7-18-39)62-59(61-51)46-22-14-21-45(35-46)58-49-36-54-57(48-24-11-13-26-53(48)63-54)55(44-19-8-3-9-20-44)56(49)47-23-10-12-25-50(47)60-58/h1-37H. The third kappa shape index (κ3) is 6.53. The van der Waals surface area contributed by atoms with Crippen molar-refractivity contribution in [3.8, 4) is 78.5 Å². The van der Waals surface area contributed by atoms with Gasteiger partial charge < -0.3 is 4.42 Å². The minimum atomic E-state index is 0.637. The number of benzene rings is 9. The van der Waals surface area contributed by atoms with Gasteiger partial charge in [0.05, 0.1) is 22.6 Å². The molecule has 0 spiro atoms. The van der Waals surface area contributed by atoms with E-state index in [0.29, 0.717) is 5.82 Å². The predicted molar refractivity (Wildman–Crippen MR) is 260 cm³/mol. The Hall–Kier alpha value is -8.47. The van der Waals surface area contributed by atoms with E-state index in [4.69, 9.17) is 19.4 Å². The number of aromatic nitrogens is 3. The fraction of sp³-hybridized carbons (Fsp3) is 0. The van der Waals surface area contributed by atoms with Gasteiger partial charge in [-0.2, -0.15) is 0 Å². The molecule has 0 aliphatic carbocycles. The van der Waals surface area contributed by atoms with Gasteiger partial charge in [-0.3, -0.25) is 0 Å². The van der Waals surface area contributed by atoms with Gasteiger partial charge in [-0.05, 0) is 58.1 Å². The second-order valence-corrected chi connectivity index (χ2v) is 15.9. The van der Waals surface area contributed by atoms with Crippen molar-refractivity contribution in [2.24, 2.45) is 0 Å². The van der Waals surface area contributed by atoms with Crippen LogP contribution in [-0.2, 0) is 0 Å². The van der Waals surface area contributed by atoms with Crippen LogP contribution >= 0.6 is 0 Å². The molecular weight excluding hydrogens is 767 g/mol. The van der Waals surface area contributed by atoms with Crippen molar-refractivity contribution in [1.29, 1.82) is 0 Å². The zero-order valence-electron chi connectivity index (χ0n) is 34.1. The van der Waals surface area contributed by atoms with Crippen molar-refractivity contribution in [3.63, 3.8) is 0 Å². The number of rotatable bonds is 7. The van der Waals surface area contributed by atoms with E-state index in [2.05, 4.69) is 200 Å². The number of para-hydroxylation sites is 2. The molecule has 0 bridgehead atoms. The van der Waals surface area contributed by atoms with E-state index in [-0.39, 0.29) is 0 Å². The Morgan fingerprint density at radius 3 is 1.41 bits per heavy atom. The summed E-state index contributed by atoms with van der Waals surface area (Å²) in [5, 5.41) is 5.45. The molecule has 0 N–H and O–H groups in total. The Kier molecular flexibility index (Phi) is 8.79.